The maximum Gasteiger partial charge on any atom is 0.397 e. The second-order valence-corrected chi connectivity index (χ2v) is 11.4. The van der Waals surface area contributed by atoms with E-state index in [0.717, 1.165) is 10.2 Å². The first kappa shape index (κ1) is 28.8. The van der Waals surface area contributed by atoms with Crippen LogP contribution in [0.3, 0.4) is 0 Å². The Hall–Kier alpha value is -3.79. The number of aryl methyl sites for hydroxylation is 2. The number of benzene rings is 2. The molecule has 1 heterocycles. The van der Waals surface area contributed by atoms with Crippen LogP contribution in [0.25, 0.3) is 0 Å². The summed E-state index contributed by atoms with van der Waals surface area (Å²) in [6.07, 6.45) is -0.433. The molecule has 3 rings (SSSR count). The molecule has 13 nitrogen and oxygen atoms in total. The third-order valence-corrected chi connectivity index (χ3v) is 7.31. The quantitative estimate of drug-likeness (QED) is 0.211. The monoisotopic (exact) mass is 563 g/mol. The van der Waals surface area contributed by atoms with Gasteiger partial charge in [-0.3, -0.25) is 14.1 Å². The Labute approximate surface area is 219 Å². The maximum atomic E-state index is 12.7. The zero-order valence-electron chi connectivity index (χ0n) is 20.7. The zero-order valence-corrected chi connectivity index (χ0v) is 22.3. The number of nitrogens with zero attached hydrogens (tertiary/aromatic N) is 4. The Morgan fingerprint density at radius 1 is 1.03 bits per heavy atom. The summed E-state index contributed by atoms with van der Waals surface area (Å²) in [4.78, 5) is 24.9. The summed E-state index contributed by atoms with van der Waals surface area (Å²) in [5.41, 5.74) is 2.93. The number of sulfone groups is 1. The highest BCUT2D eigenvalue weighted by Gasteiger charge is 2.20. The number of carbonyl (C=O) groups excluding carboxylic acids is 2. The Morgan fingerprint density at radius 3 is 2.34 bits per heavy atom. The molecule has 1 amide bonds. The van der Waals surface area contributed by atoms with Crippen molar-refractivity contribution in [2.75, 3.05) is 17.7 Å². The van der Waals surface area contributed by atoms with Crippen LogP contribution in [0, 0.1) is 20.8 Å². The number of nitrogens with one attached hydrogen (secondary N) is 1. The van der Waals surface area contributed by atoms with Gasteiger partial charge in [-0.05, 0) is 62.7 Å². The average molecular weight is 564 g/mol. The third kappa shape index (κ3) is 7.85. The minimum absolute atomic E-state index is 0.106. The highest BCUT2D eigenvalue weighted by Crippen LogP contribution is 2.26. The van der Waals surface area contributed by atoms with E-state index >= 15 is 0 Å². The maximum absolute atomic E-state index is 12.7. The number of aromatic nitrogens is 2. The van der Waals surface area contributed by atoms with Crippen molar-refractivity contribution >= 4 is 49.1 Å². The summed E-state index contributed by atoms with van der Waals surface area (Å²) >= 11 is 0. The number of hydrogen-bond acceptors (Lipinski definition) is 10. The fourth-order valence-electron chi connectivity index (χ4n) is 3.36. The molecule has 2 aromatic carbocycles. The summed E-state index contributed by atoms with van der Waals surface area (Å²) in [5, 5.41) is 15.0. The van der Waals surface area contributed by atoms with E-state index in [9.17, 15) is 26.4 Å². The van der Waals surface area contributed by atoms with Gasteiger partial charge in [-0.1, -0.05) is 12.1 Å². The van der Waals surface area contributed by atoms with Crippen molar-refractivity contribution in [2.24, 2.45) is 10.2 Å². The van der Waals surface area contributed by atoms with Gasteiger partial charge in [0, 0.05) is 5.69 Å². The molecule has 38 heavy (non-hydrogen) atoms. The SMILES string of the molecule is Cc1cccc(NC(=O)CC(=O)n2nc(C)c(N=Nc3ccc(S(=O)(=O)CCOS(=O)(=O)O)cc3)c2C)c1. The van der Waals surface area contributed by atoms with Crippen LogP contribution in [0.4, 0.5) is 17.1 Å². The van der Waals surface area contributed by atoms with Crippen LogP contribution in [0.15, 0.2) is 63.7 Å². The first-order valence-corrected chi connectivity index (χ1v) is 14.1. The molecule has 0 saturated heterocycles. The predicted molar refractivity (Wildman–Crippen MR) is 137 cm³/mol. The van der Waals surface area contributed by atoms with Crippen molar-refractivity contribution in [2.45, 2.75) is 32.1 Å². The van der Waals surface area contributed by atoms with E-state index in [0.29, 0.717) is 28.5 Å². The van der Waals surface area contributed by atoms with E-state index in [4.69, 9.17) is 4.55 Å². The minimum atomic E-state index is -4.74. The Morgan fingerprint density at radius 2 is 1.71 bits per heavy atom. The topological polar surface area (TPSA) is 186 Å². The lowest BCUT2D eigenvalue weighted by Crippen LogP contribution is -2.22. The number of azo groups is 1. The molecular formula is C23H25N5O8S2. The Kier molecular flexibility index (Phi) is 8.88. The lowest BCUT2D eigenvalue weighted by Gasteiger charge is -2.06. The molecule has 2 N–H and O–H groups in total. The van der Waals surface area contributed by atoms with Crippen molar-refractivity contribution in [1.29, 1.82) is 0 Å². The van der Waals surface area contributed by atoms with Crippen LogP contribution in [0.1, 0.15) is 28.2 Å². The first-order valence-electron chi connectivity index (χ1n) is 11.1. The molecule has 3 aromatic rings. The highest BCUT2D eigenvalue weighted by molar-refractivity contribution is 7.91. The van der Waals surface area contributed by atoms with Crippen molar-refractivity contribution in [3.63, 3.8) is 0 Å². The van der Waals surface area contributed by atoms with Gasteiger partial charge in [-0.2, -0.15) is 18.6 Å². The van der Waals surface area contributed by atoms with Crippen LogP contribution in [-0.2, 0) is 29.2 Å². The number of hydrogen-bond donors (Lipinski definition) is 2. The van der Waals surface area contributed by atoms with Gasteiger partial charge in [-0.15, -0.1) is 5.11 Å². The molecule has 0 fully saturated rings. The van der Waals surface area contributed by atoms with E-state index in [2.05, 4.69) is 24.8 Å². The van der Waals surface area contributed by atoms with E-state index < -0.39 is 50.8 Å². The molecule has 0 radical (unpaired) electrons. The average Bonchev–Trinajstić information content (AvgIpc) is 3.10. The van der Waals surface area contributed by atoms with Gasteiger partial charge in [0.2, 0.25) is 5.91 Å². The van der Waals surface area contributed by atoms with Crippen molar-refractivity contribution in [3.8, 4) is 0 Å². The molecule has 0 aliphatic carbocycles. The number of amides is 1. The first-order chi connectivity index (χ1) is 17.7. The third-order valence-electron chi connectivity index (χ3n) is 5.15. The lowest BCUT2D eigenvalue weighted by molar-refractivity contribution is -0.115. The van der Waals surface area contributed by atoms with E-state index in [1.807, 2.05) is 13.0 Å². The van der Waals surface area contributed by atoms with E-state index in [1.165, 1.54) is 24.3 Å². The summed E-state index contributed by atoms with van der Waals surface area (Å²) in [7, 11) is -8.61. The fourth-order valence-corrected chi connectivity index (χ4v) is 4.85. The molecule has 0 unspecified atom stereocenters. The van der Waals surface area contributed by atoms with Crippen molar-refractivity contribution in [3.05, 3.63) is 65.5 Å². The summed E-state index contributed by atoms with van der Waals surface area (Å²) in [6.45, 7) is 4.38. The molecule has 0 spiro atoms. The smallest absolute Gasteiger partial charge is 0.326 e. The van der Waals surface area contributed by atoms with Crippen LogP contribution < -0.4 is 5.32 Å². The van der Waals surface area contributed by atoms with Gasteiger partial charge in [0.15, 0.2) is 9.84 Å². The molecule has 0 atom stereocenters. The number of carbonyl (C=O) groups is 2. The molecule has 1 aromatic heterocycles. The van der Waals surface area contributed by atoms with Crippen LogP contribution >= 0.6 is 0 Å². The molecule has 15 heteroatoms. The van der Waals surface area contributed by atoms with Gasteiger partial charge >= 0.3 is 10.4 Å². The van der Waals surface area contributed by atoms with Gasteiger partial charge < -0.3 is 5.32 Å². The molecule has 0 bridgehead atoms. The van der Waals surface area contributed by atoms with Gasteiger partial charge in [0.05, 0.1) is 34.3 Å². The molecule has 202 valence electrons. The van der Waals surface area contributed by atoms with Crippen molar-refractivity contribution < 1.29 is 35.2 Å². The van der Waals surface area contributed by atoms with Crippen LogP contribution in [0.5, 0.6) is 0 Å². The van der Waals surface area contributed by atoms with Gasteiger partial charge in [0.1, 0.15) is 12.1 Å². The predicted octanol–water partition coefficient (Wildman–Crippen LogP) is 3.49. The summed E-state index contributed by atoms with van der Waals surface area (Å²) < 4.78 is 59.4. The molecule has 0 aliphatic heterocycles. The standard InChI is InChI=1S/C23H25N5O8S2/c1-15-5-4-6-19(13-15)24-21(29)14-22(30)28-17(3)23(16(2)27-28)26-25-18-7-9-20(10-8-18)37(31,32)12-11-36-38(33,34)35/h4-10,13H,11-12,14H2,1-3H3,(H,24,29)(H,33,34,35). The number of rotatable bonds is 10. The normalized spacial score (nSPS) is 12.1. The zero-order chi connectivity index (χ0) is 28.1. The minimum Gasteiger partial charge on any atom is -0.326 e. The second-order valence-electron chi connectivity index (χ2n) is 8.18. The highest BCUT2D eigenvalue weighted by atomic mass is 32.3. The van der Waals surface area contributed by atoms with E-state index in [1.54, 1.807) is 32.0 Å². The van der Waals surface area contributed by atoms with E-state index in [-0.39, 0.29) is 4.90 Å². The lowest BCUT2D eigenvalue weighted by atomic mass is 10.2. The fraction of sp³-hybridized carbons (Fsp3) is 0.261. The van der Waals surface area contributed by atoms with Gasteiger partial charge in [0.25, 0.3) is 5.91 Å². The summed E-state index contributed by atoms with van der Waals surface area (Å²) in [6, 6.07) is 12.5. The summed E-state index contributed by atoms with van der Waals surface area (Å²) in [5.74, 6) is -1.71. The molecule has 0 aliphatic rings. The van der Waals surface area contributed by atoms with Crippen LogP contribution in [-0.4, -0.2) is 55.3 Å². The molecular weight excluding hydrogens is 538 g/mol. The molecule has 0 saturated carbocycles. The number of anilines is 1. The second kappa shape index (κ2) is 11.7. The Bertz CT molecular complexity index is 1590. The largest absolute Gasteiger partial charge is 0.397 e. The van der Waals surface area contributed by atoms with Crippen molar-refractivity contribution in [1.82, 2.24) is 9.78 Å². The van der Waals surface area contributed by atoms with Gasteiger partial charge in [-0.25, -0.2) is 17.3 Å². The van der Waals surface area contributed by atoms with Crippen LogP contribution in [0.2, 0.25) is 0 Å². The Balaban J connectivity index is 1.67.